The maximum atomic E-state index is 12.6. The Bertz CT molecular complexity index is 1010. The van der Waals surface area contributed by atoms with Gasteiger partial charge in [0.2, 0.25) is 0 Å². The second-order valence-corrected chi connectivity index (χ2v) is 8.05. The number of hydrogen-bond acceptors (Lipinski definition) is 5. The Balaban J connectivity index is 1.63. The molecule has 0 aromatic heterocycles. The summed E-state index contributed by atoms with van der Waals surface area (Å²) in [5.41, 5.74) is 1.52. The highest BCUT2D eigenvalue weighted by atomic mass is 16.6. The van der Waals surface area contributed by atoms with E-state index in [0.717, 1.165) is 10.5 Å². The number of carbonyl (C=O) groups excluding carboxylic acids is 3. The van der Waals surface area contributed by atoms with Gasteiger partial charge in [-0.15, -0.1) is 0 Å². The summed E-state index contributed by atoms with van der Waals surface area (Å²) in [6, 6.07) is 15.8. The molecule has 0 saturated carbocycles. The van der Waals surface area contributed by atoms with Gasteiger partial charge in [-0.3, -0.25) is 10.1 Å². The van der Waals surface area contributed by atoms with E-state index in [1.54, 1.807) is 45.0 Å². The van der Waals surface area contributed by atoms with Gasteiger partial charge >= 0.3 is 18.1 Å². The van der Waals surface area contributed by atoms with Gasteiger partial charge in [0.1, 0.15) is 12.2 Å². The van der Waals surface area contributed by atoms with Gasteiger partial charge in [0, 0.05) is 17.2 Å². The molecule has 1 aliphatic rings. The molecule has 0 aliphatic carbocycles. The molecule has 1 fully saturated rings. The lowest BCUT2D eigenvalue weighted by molar-refractivity contribution is -0.123. The van der Waals surface area contributed by atoms with Crippen molar-refractivity contribution < 1.29 is 23.9 Å². The van der Waals surface area contributed by atoms with Crippen molar-refractivity contribution in [2.45, 2.75) is 38.8 Å². The lowest BCUT2D eigenvalue weighted by atomic mass is 10.1. The minimum Gasteiger partial charge on any atom is -0.447 e. The van der Waals surface area contributed by atoms with E-state index >= 15 is 0 Å². The Morgan fingerprint density at radius 1 is 1.13 bits per heavy atom. The standard InChI is InChI=1S/C24H24N2O5/c1-24(2,3)31-22(28)25-19-12-9-17(10-13-19)11-14-21(27)26-20(16-30-23(26)29)15-18-7-5-4-6-8-18/h4-10,12-13,20H,15-16H2,1-3H3,(H,25,28)/t20-/m1/s1. The Labute approximate surface area is 181 Å². The SMILES string of the molecule is CC(C)(C)OC(=O)Nc1ccc(C#CC(=O)N2C(=O)OC[C@H]2Cc2ccccc2)cc1. The summed E-state index contributed by atoms with van der Waals surface area (Å²) in [5.74, 6) is 4.64. The van der Waals surface area contributed by atoms with Crippen LogP contribution in [0.15, 0.2) is 54.6 Å². The molecule has 31 heavy (non-hydrogen) atoms. The molecule has 7 heteroatoms. The van der Waals surface area contributed by atoms with Crippen LogP contribution in [-0.2, 0) is 20.7 Å². The Morgan fingerprint density at radius 3 is 2.45 bits per heavy atom. The van der Waals surface area contributed by atoms with E-state index in [0.29, 0.717) is 17.7 Å². The van der Waals surface area contributed by atoms with Crippen LogP contribution < -0.4 is 5.32 Å². The first-order chi connectivity index (χ1) is 14.7. The molecular weight excluding hydrogens is 396 g/mol. The van der Waals surface area contributed by atoms with Crippen molar-refractivity contribution in [2.24, 2.45) is 0 Å². The van der Waals surface area contributed by atoms with E-state index in [-0.39, 0.29) is 6.61 Å². The molecule has 2 aromatic carbocycles. The lowest BCUT2D eigenvalue weighted by Gasteiger charge is -2.19. The topological polar surface area (TPSA) is 84.9 Å². The van der Waals surface area contributed by atoms with Crippen molar-refractivity contribution in [1.29, 1.82) is 0 Å². The molecule has 1 saturated heterocycles. The maximum Gasteiger partial charge on any atom is 0.417 e. The number of anilines is 1. The van der Waals surface area contributed by atoms with E-state index in [2.05, 4.69) is 17.2 Å². The first-order valence-electron chi connectivity index (χ1n) is 9.87. The van der Waals surface area contributed by atoms with Crippen LogP contribution in [0.3, 0.4) is 0 Å². The highest BCUT2D eigenvalue weighted by molar-refractivity contribution is 6.04. The maximum absolute atomic E-state index is 12.6. The van der Waals surface area contributed by atoms with Crippen molar-refractivity contribution in [3.8, 4) is 11.8 Å². The zero-order valence-corrected chi connectivity index (χ0v) is 17.7. The smallest absolute Gasteiger partial charge is 0.417 e. The fourth-order valence-corrected chi connectivity index (χ4v) is 2.99. The third-order valence-corrected chi connectivity index (χ3v) is 4.34. The Kier molecular flexibility index (Phi) is 6.61. The summed E-state index contributed by atoms with van der Waals surface area (Å²) in [6.45, 7) is 5.49. The van der Waals surface area contributed by atoms with Crippen LogP contribution in [0.5, 0.6) is 0 Å². The van der Waals surface area contributed by atoms with Crippen LogP contribution >= 0.6 is 0 Å². The second-order valence-electron chi connectivity index (χ2n) is 8.05. The summed E-state index contributed by atoms with van der Waals surface area (Å²) >= 11 is 0. The molecular formula is C24H24N2O5. The Hall–Kier alpha value is -3.79. The monoisotopic (exact) mass is 420 g/mol. The molecule has 3 rings (SSSR count). The van der Waals surface area contributed by atoms with Gasteiger partial charge in [-0.1, -0.05) is 36.3 Å². The van der Waals surface area contributed by atoms with Gasteiger partial charge in [0.25, 0.3) is 0 Å². The fourth-order valence-electron chi connectivity index (χ4n) is 2.99. The fraction of sp³-hybridized carbons (Fsp3) is 0.292. The van der Waals surface area contributed by atoms with Crippen molar-refractivity contribution in [3.63, 3.8) is 0 Å². The highest BCUT2D eigenvalue weighted by Crippen LogP contribution is 2.17. The number of nitrogens with one attached hydrogen (secondary N) is 1. The number of imide groups is 1. The molecule has 2 aromatic rings. The second kappa shape index (κ2) is 9.35. The van der Waals surface area contributed by atoms with Gasteiger partial charge < -0.3 is 9.47 Å². The summed E-state index contributed by atoms with van der Waals surface area (Å²) in [4.78, 5) is 37.5. The lowest BCUT2D eigenvalue weighted by Crippen LogP contribution is -2.39. The molecule has 0 unspecified atom stereocenters. The van der Waals surface area contributed by atoms with Gasteiger partial charge in [0.15, 0.2) is 0 Å². The first-order valence-corrected chi connectivity index (χ1v) is 9.87. The van der Waals surface area contributed by atoms with Crippen LogP contribution in [0, 0.1) is 11.8 Å². The van der Waals surface area contributed by atoms with Gasteiger partial charge in [-0.05, 0) is 57.0 Å². The quantitative estimate of drug-likeness (QED) is 0.760. The molecule has 0 bridgehead atoms. The average Bonchev–Trinajstić information content (AvgIpc) is 3.06. The number of rotatable bonds is 3. The van der Waals surface area contributed by atoms with Gasteiger partial charge in [-0.2, -0.15) is 0 Å². The van der Waals surface area contributed by atoms with E-state index in [9.17, 15) is 14.4 Å². The van der Waals surface area contributed by atoms with E-state index < -0.39 is 29.7 Å². The minimum absolute atomic E-state index is 0.145. The van der Waals surface area contributed by atoms with E-state index in [1.165, 1.54) is 0 Å². The third kappa shape index (κ3) is 6.34. The number of hydrogen-bond donors (Lipinski definition) is 1. The number of benzene rings is 2. The van der Waals surface area contributed by atoms with E-state index in [4.69, 9.17) is 9.47 Å². The molecule has 1 aliphatic heterocycles. The summed E-state index contributed by atoms with van der Waals surface area (Å²) in [6.07, 6.45) is -0.735. The van der Waals surface area contributed by atoms with Crippen LogP contribution in [0.4, 0.5) is 15.3 Å². The Morgan fingerprint density at radius 2 is 1.81 bits per heavy atom. The van der Waals surface area contributed by atoms with Crippen LogP contribution in [0.1, 0.15) is 31.9 Å². The molecule has 1 heterocycles. The van der Waals surface area contributed by atoms with Gasteiger partial charge in [0.05, 0.1) is 6.04 Å². The van der Waals surface area contributed by atoms with Crippen molar-refractivity contribution in [3.05, 3.63) is 65.7 Å². The highest BCUT2D eigenvalue weighted by Gasteiger charge is 2.37. The van der Waals surface area contributed by atoms with Gasteiger partial charge in [-0.25, -0.2) is 14.5 Å². The number of nitrogens with zero attached hydrogens (tertiary/aromatic N) is 1. The normalized spacial score (nSPS) is 15.5. The molecule has 0 spiro atoms. The molecule has 1 atom stereocenters. The first kappa shape index (κ1) is 21.9. The molecule has 0 radical (unpaired) electrons. The minimum atomic E-state index is -0.683. The van der Waals surface area contributed by atoms with Crippen molar-refractivity contribution in [2.75, 3.05) is 11.9 Å². The predicted molar refractivity (Wildman–Crippen MR) is 115 cm³/mol. The van der Waals surface area contributed by atoms with Crippen molar-refractivity contribution in [1.82, 2.24) is 4.90 Å². The largest absolute Gasteiger partial charge is 0.447 e. The number of carbonyl (C=O) groups is 3. The summed E-state index contributed by atoms with van der Waals surface area (Å²) in [7, 11) is 0. The zero-order valence-electron chi connectivity index (χ0n) is 17.7. The van der Waals surface area contributed by atoms with Crippen LogP contribution in [0.2, 0.25) is 0 Å². The van der Waals surface area contributed by atoms with Crippen LogP contribution in [0.25, 0.3) is 0 Å². The van der Waals surface area contributed by atoms with E-state index in [1.807, 2.05) is 30.3 Å². The van der Waals surface area contributed by atoms with Crippen molar-refractivity contribution >= 4 is 23.8 Å². The third-order valence-electron chi connectivity index (χ3n) is 4.34. The number of amides is 3. The van der Waals surface area contributed by atoms with Crippen LogP contribution in [-0.4, -0.2) is 41.2 Å². The predicted octanol–water partition coefficient (Wildman–Crippen LogP) is 3.98. The summed E-state index contributed by atoms with van der Waals surface area (Å²) in [5, 5.41) is 2.62. The average molecular weight is 420 g/mol. The number of ether oxygens (including phenoxy) is 2. The molecule has 7 nitrogen and oxygen atoms in total. The molecule has 160 valence electrons. The number of cyclic esters (lactones) is 1. The molecule has 3 amide bonds. The zero-order chi connectivity index (χ0) is 22.4. The molecule has 1 N–H and O–H groups in total. The summed E-state index contributed by atoms with van der Waals surface area (Å²) < 4.78 is 10.3.